The Balaban J connectivity index is 1.09. The van der Waals surface area contributed by atoms with Gasteiger partial charge in [0.15, 0.2) is 0 Å². The molecule has 0 unspecified atom stereocenters. The minimum atomic E-state index is -0.0341. The highest BCUT2D eigenvalue weighted by atomic mass is 16.3. The SMILES string of the molecule is CC1(C)c2ccccc2-c2cc(N(c3ccc4c(c3)C3(c5ccccc5-4)C4CC5CC(C4)CC3C5)c3ccc4c(c3)oc3ccccc34)ccc21. The fourth-order valence-electron chi connectivity index (χ4n) is 12.4. The lowest BCUT2D eigenvalue weighted by molar-refractivity contribution is -0.0399. The van der Waals surface area contributed by atoms with Crippen LogP contribution < -0.4 is 4.90 Å². The van der Waals surface area contributed by atoms with Crippen LogP contribution >= 0.6 is 0 Å². The number of hydrogen-bond donors (Lipinski definition) is 0. The number of furan rings is 1. The topological polar surface area (TPSA) is 16.4 Å². The van der Waals surface area contributed by atoms with Crippen molar-refractivity contribution in [2.75, 3.05) is 4.90 Å². The van der Waals surface area contributed by atoms with Crippen molar-refractivity contribution in [2.24, 2.45) is 23.7 Å². The molecule has 6 aromatic carbocycles. The van der Waals surface area contributed by atoms with Gasteiger partial charge in [0.05, 0.1) is 0 Å². The Morgan fingerprint density at radius 3 is 1.84 bits per heavy atom. The summed E-state index contributed by atoms with van der Waals surface area (Å²) in [5.74, 6) is 3.29. The van der Waals surface area contributed by atoms with Crippen LogP contribution in [-0.4, -0.2) is 0 Å². The third kappa shape index (κ3) is 3.63. The minimum Gasteiger partial charge on any atom is -0.456 e. The molecule has 0 N–H and O–H groups in total. The van der Waals surface area contributed by atoms with Crippen molar-refractivity contribution in [3.8, 4) is 22.3 Å². The van der Waals surface area contributed by atoms with Crippen molar-refractivity contribution < 1.29 is 4.42 Å². The van der Waals surface area contributed by atoms with Crippen molar-refractivity contribution in [2.45, 2.75) is 56.8 Å². The zero-order chi connectivity index (χ0) is 33.6. The maximum absolute atomic E-state index is 6.51. The molecule has 0 aliphatic heterocycles. The van der Waals surface area contributed by atoms with E-state index in [0.717, 1.165) is 45.9 Å². The summed E-state index contributed by atoms with van der Waals surface area (Å²) in [4.78, 5) is 2.51. The van der Waals surface area contributed by atoms with E-state index in [1.807, 2.05) is 0 Å². The van der Waals surface area contributed by atoms with Crippen molar-refractivity contribution in [1.82, 2.24) is 0 Å². The van der Waals surface area contributed by atoms with Gasteiger partial charge in [0.25, 0.3) is 0 Å². The van der Waals surface area contributed by atoms with Crippen molar-refractivity contribution in [3.63, 3.8) is 0 Å². The molecule has 2 nitrogen and oxygen atoms in total. The molecule has 4 fully saturated rings. The van der Waals surface area contributed by atoms with E-state index in [1.165, 1.54) is 82.2 Å². The third-order valence-electron chi connectivity index (χ3n) is 14.2. The van der Waals surface area contributed by atoms with E-state index in [4.69, 9.17) is 4.42 Å². The molecule has 6 aliphatic rings. The summed E-state index contributed by atoms with van der Waals surface area (Å²) in [6.07, 6.45) is 7.01. The van der Waals surface area contributed by atoms with Gasteiger partial charge in [0, 0.05) is 44.7 Å². The number of hydrogen-bond acceptors (Lipinski definition) is 2. The van der Waals surface area contributed by atoms with E-state index in [0.29, 0.717) is 0 Å². The van der Waals surface area contributed by atoms with Gasteiger partial charge in [-0.05, 0) is 143 Å². The first-order valence-corrected chi connectivity index (χ1v) is 19.2. The number of benzene rings is 6. The van der Waals surface area contributed by atoms with Crippen LogP contribution in [0.2, 0.25) is 0 Å². The van der Waals surface area contributed by atoms with Gasteiger partial charge in [-0.1, -0.05) is 92.7 Å². The van der Waals surface area contributed by atoms with E-state index < -0.39 is 0 Å². The molecule has 0 radical (unpaired) electrons. The zero-order valence-electron chi connectivity index (χ0n) is 29.3. The van der Waals surface area contributed by atoms with Crippen LogP contribution in [0.4, 0.5) is 17.1 Å². The average Bonchev–Trinajstić information content (AvgIpc) is 3.74. The molecule has 6 aliphatic carbocycles. The minimum absolute atomic E-state index is 0.0341. The van der Waals surface area contributed by atoms with Gasteiger partial charge in [0.1, 0.15) is 11.2 Å². The molecule has 7 aromatic rings. The van der Waals surface area contributed by atoms with Crippen molar-refractivity contribution >= 4 is 39.0 Å². The summed E-state index contributed by atoms with van der Waals surface area (Å²) >= 11 is 0. The summed E-state index contributed by atoms with van der Waals surface area (Å²) in [6.45, 7) is 4.74. The van der Waals surface area contributed by atoms with Gasteiger partial charge in [-0.15, -0.1) is 0 Å². The number of rotatable bonds is 3. The Bertz CT molecular complexity index is 2570. The molecule has 0 amide bonds. The molecule has 248 valence electrons. The standard InChI is InChI=1S/C49H41NO/c1-48(2)42-12-6-3-10-37(42)41-26-33(17-20-43(41)48)50(35-16-19-40-39-11-5-8-14-46(39)51-47(40)28-35)34-15-18-38-36-9-4-7-13-44(36)49(45(38)27-34)31-22-29-21-30(24-31)25-32(49)23-29/h3-20,26-32H,21-25H2,1-2H3. The molecule has 1 heterocycles. The van der Waals surface area contributed by atoms with Gasteiger partial charge in [-0.2, -0.15) is 0 Å². The summed E-state index contributed by atoms with van der Waals surface area (Å²) in [7, 11) is 0. The van der Waals surface area contributed by atoms with Crippen LogP contribution in [0.15, 0.2) is 132 Å². The third-order valence-corrected chi connectivity index (χ3v) is 14.2. The second kappa shape index (κ2) is 9.82. The molecule has 4 bridgehead atoms. The maximum atomic E-state index is 6.51. The van der Waals surface area contributed by atoms with E-state index in [9.17, 15) is 0 Å². The summed E-state index contributed by atoms with van der Waals surface area (Å²) in [5.41, 5.74) is 17.1. The van der Waals surface area contributed by atoms with Gasteiger partial charge in [0.2, 0.25) is 0 Å². The van der Waals surface area contributed by atoms with Crippen LogP contribution in [0.5, 0.6) is 0 Å². The molecule has 1 aromatic heterocycles. The fourth-order valence-corrected chi connectivity index (χ4v) is 12.4. The van der Waals surface area contributed by atoms with Crippen molar-refractivity contribution in [3.05, 3.63) is 150 Å². The lowest BCUT2D eigenvalue weighted by Gasteiger charge is -2.61. The summed E-state index contributed by atoms with van der Waals surface area (Å²) in [6, 6.07) is 48.3. The van der Waals surface area contributed by atoms with Crippen LogP contribution in [-0.2, 0) is 10.8 Å². The van der Waals surface area contributed by atoms with Gasteiger partial charge < -0.3 is 9.32 Å². The Morgan fingerprint density at radius 2 is 1.04 bits per heavy atom. The maximum Gasteiger partial charge on any atom is 0.137 e. The van der Waals surface area contributed by atoms with Gasteiger partial charge >= 0.3 is 0 Å². The number of para-hydroxylation sites is 1. The largest absolute Gasteiger partial charge is 0.456 e. The van der Waals surface area contributed by atoms with Crippen LogP contribution in [0, 0.1) is 23.7 Å². The monoisotopic (exact) mass is 659 g/mol. The number of nitrogens with zero attached hydrogens (tertiary/aromatic N) is 1. The van der Waals surface area contributed by atoms with E-state index >= 15 is 0 Å². The molecule has 51 heavy (non-hydrogen) atoms. The molecular weight excluding hydrogens is 619 g/mol. The smallest absolute Gasteiger partial charge is 0.137 e. The summed E-state index contributed by atoms with van der Waals surface area (Å²) in [5, 5.41) is 2.33. The van der Waals surface area contributed by atoms with Gasteiger partial charge in [-0.3, -0.25) is 0 Å². The highest BCUT2D eigenvalue weighted by Crippen LogP contribution is 2.69. The van der Waals surface area contributed by atoms with Crippen molar-refractivity contribution in [1.29, 1.82) is 0 Å². The molecule has 4 saturated carbocycles. The quantitative estimate of drug-likeness (QED) is 0.188. The van der Waals surface area contributed by atoms with Crippen LogP contribution in [0.25, 0.3) is 44.2 Å². The van der Waals surface area contributed by atoms with E-state index in [2.05, 4.69) is 146 Å². The van der Waals surface area contributed by atoms with E-state index in [-0.39, 0.29) is 10.8 Å². The average molecular weight is 660 g/mol. The first kappa shape index (κ1) is 28.6. The molecule has 2 heteroatoms. The molecule has 13 rings (SSSR count). The normalized spacial score (nSPS) is 25.7. The Hall–Kier alpha value is -5.08. The molecule has 0 atom stereocenters. The first-order chi connectivity index (χ1) is 25.0. The highest BCUT2D eigenvalue weighted by molar-refractivity contribution is 6.06. The Kier molecular flexibility index (Phi) is 5.51. The highest BCUT2D eigenvalue weighted by Gasteiger charge is 2.61. The zero-order valence-corrected chi connectivity index (χ0v) is 29.3. The van der Waals surface area contributed by atoms with Crippen LogP contribution in [0.1, 0.15) is 68.2 Å². The number of anilines is 3. The van der Waals surface area contributed by atoms with Gasteiger partial charge in [-0.25, -0.2) is 0 Å². The molecule has 1 spiro atoms. The molecule has 0 saturated heterocycles. The Labute approximate surface area is 299 Å². The van der Waals surface area contributed by atoms with Crippen LogP contribution in [0.3, 0.4) is 0 Å². The lowest BCUT2D eigenvalue weighted by atomic mass is 9.43. The predicted molar refractivity (Wildman–Crippen MR) is 209 cm³/mol. The number of fused-ring (bicyclic) bond motifs is 9. The van der Waals surface area contributed by atoms with E-state index in [1.54, 1.807) is 11.1 Å². The predicted octanol–water partition coefficient (Wildman–Crippen LogP) is 13.1. The second-order valence-corrected chi connectivity index (χ2v) is 17.0. The summed E-state index contributed by atoms with van der Waals surface area (Å²) < 4.78 is 6.51. The first-order valence-electron chi connectivity index (χ1n) is 19.2. The Morgan fingerprint density at radius 1 is 0.471 bits per heavy atom. The lowest BCUT2D eigenvalue weighted by Crippen LogP contribution is -2.55. The second-order valence-electron chi connectivity index (χ2n) is 17.0. The fraction of sp³-hybridized carbons (Fsp3) is 0.265. The molecular formula is C49H41NO.